The summed E-state index contributed by atoms with van der Waals surface area (Å²) in [5.41, 5.74) is 1.62. The van der Waals surface area contributed by atoms with Crippen LogP contribution in [0.3, 0.4) is 0 Å². The van der Waals surface area contributed by atoms with Gasteiger partial charge in [-0.2, -0.15) is 0 Å². The molecule has 5 aromatic carbocycles. The van der Waals surface area contributed by atoms with E-state index in [-0.39, 0.29) is 9.79 Å². The van der Waals surface area contributed by atoms with Gasteiger partial charge in [-0.15, -0.1) is 0 Å². The molecule has 5 heteroatoms. The van der Waals surface area contributed by atoms with Gasteiger partial charge in [-0.1, -0.05) is 60.7 Å². The fourth-order valence-electron chi connectivity index (χ4n) is 4.03. The van der Waals surface area contributed by atoms with Crippen LogP contribution in [0.15, 0.2) is 119 Å². The van der Waals surface area contributed by atoms with Crippen LogP contribution in [0.4, 0.5) is 0 Å². The number of fused-ring (bicyclic) bond motifs is 3. The maximum atomic E-state index is 13.0. The van der Waals surface area contributed by atoms with Crippen molar-refractivity contribution >= 4 is 20.6 Å². The lowest BCUT2D eigenvalue weighted by Gasteiger charge is -2.22. The minimum atomic E-state index is -3.60. The first-order valence-corrected chi connectivity index (χ1v) is 12.0. The highest BCUT2D eigenvalue weighted by atomic mass is 32.2. The Hall–Kier alpha value is -4.09. The van der Waals surface area contributed by atoms with Crippen LogP contribution in [0, 0.1) is 0 Å². The van der Waals surface area contributed by atoms with Crippen molar-refractivity contribution in [2.45, 2.75) is 9.79 Å². The first-order chi connectivity index (χ1) is 16.1. The molecule has 1 heterocycles. The number of hydrogen-bond donors (Lipinski definition) is 0. The van der Waals surface area contributed by atoms with Gasteiger partial charge in [-0.3, -0.25) is 0 Å². The molecule has 160 valence electrons. The Morgan fingerprint density at radius 3 is 1.76 bits per heavy atom. The van der Waals surface area contributed by atoms with Crippen LogP contribution in [0.1, 0.15) is 0 Å². The summed E-state index contributed by atoms with van der Waals surface area (Å²) in [6.07, 6.45) is 0. The summed E-state index contributed by atoms with van der Waals surface area (Å²) in [5.74, 6) is 2.53. The van der Waals surface area contributed by atoms with E-state index in [9.17, 15) is 8.42 Å². The molecule has 0 unspecified atom stereocenters. The van der Waals surface area contributed by atoms with Crippen LogP contribution in [0.2, 0.25) is 0 Å². The molecular weight excluding hydrogens is 432 g/mol. The van der Waals surface area contributed by atoms with Crippen LogP contribution < -0.4 is 9.47 Å². The SMILES string of the molecule is O=S(=O)(c1ccccc1)c1cccc(-c2ccc3c(c2)Oc2cc4ccccc4cc2O3)c1. The van der Waals surface area contributed by atoms with E-state index in [1.165, 1.54) is 0 Å². The van der Waals surface area contributed by atoms with Crippen LogP contribution in [0.25, 0.3) is 21.9 Å². The van der Waals surface area contributed by atoms with Crippen LogP contribution >= 0.6 is 0 Å². The summed E-state index contributed by atoms with van der Waals surface area (Å²) in [6, 6.07) is 33.0. The summed E-state index contributed by atoms with van der Waals surface area (Å²) in [5, 5.41) is 2.15. The van der Waals surface area contributed by atoms with Gasteiger partial charge in [0, 0.05) is 0 Å². The minimum Gasteiger partial charge on any atom is -0.449 e. The lowest BCUT2D eigenvalue weighted by atomic mass is 10.0. The van der Waals surface area contributed by atoms with E-state index in [0.29, 0.717) is 23.0 Å². The van der Waals surface area contributed by atoms with E-state index in [1.54, 1.807) is 48.5 Å². The van der Waals surface area contributed by atoms with Crippen LogP contribution in [-0.4, -0.2) is 8.42 Å². The molecule has 6 rings (SSSR count). The number of sulfone groups is 1. The highest BCUT2D eigenvalue weighted by Crippen LogP contribution is 2.48. The maximum absolute atomic E-state index is 13.0. The quantitative estimate of drug-likeness (QED) is 0.285. The normalized spacial score (nSPS) is 12.4. The van der Waals surface area contributed by atoms with Gasteiger partial charge >= 0.3 is 0 Å². The fraction of sp³-hybridized carbons (Fsp3) is 0. The fourth-order valence-corrected chi connectivity index (χ4v) is 5.35. The predicted molar refractivity (Wildman–Crippen MR) is 128 cm³/mol. The number of benzene rings is 5. The Balaban J connectivity index is 1.37. The molecule has 0 atom stereocenters. The van der Waals surface area contributed by atoms with Gasteiger partial charge in [0.2, 0.25) is 9.84 Å². The first kappa shape index (κ1) is 19.6. The van der Waals surface area contributed by atoms with E-state index in [0.717, 1.165) is 21.9 Å². The molecule has 1 aliphatic rings. The molecule has 0 fully saturated rings. The maximum Gasteiger partial charge on any atom is 0.206 e. The summed E-state index contributed by atoms with van der Waals surface area (Å²) in [7, 11) is -3.60. The lowest BCUT2D eigenvalue weighted by molar-refractivity contribution is 0.360. The van der Waals surface area contributed by atoms with Crippen molar-refractivity contribution in [1.29, 1.82) is 0 Å². The summed E-state index contributed by atoms with van der Waals surface area (Å²) in [4.78, 5) is 0.520. The van der Waals surface area contributed by atoms with E-state index < -0.39 is 9.84 Å². The Kier molecular flexibility index (Phi) is 4.45. The molecule has 33 heavy (non-hydrogen) atoms. The zero-order valence-electron chi connectivity index (χ0n) is 17.4. The molecule has 5 aromatic rings. The molecule has 0 radical (unpaired) electrons. The zero-order chi connectivity index (χ0) is 22.4. The highest BCUT2D eigenvalue weighted by molar-refractivity contribution is 7.91. The first-order valence-electron chi connectivity index (χ1n) is 10.5. The topological polar surface area (TPSA) is 52.6 Å². The van der Waals surface area contributed by atoms with Crippen molar-refractivity contribution in [3.63, 3.8) is 0 Å². The molecule has 0 saturated carbocycles. The summed E-state index contributed by atoms with van der Waals surface area (Å²) in [6.45, 7) is 0. The van der Waals surface area contributed by atoms with E-state index in [1.807, 2.05) is 60.7 Å². The Labute approximate surface area is 191 Å². The summed E-state index contributed by atoms with van der Waals surface area (Å²) >= 11 is 0. The van der Waals surface area contributed by atoms with Crippen molar-refractivity contribution in [3.05, 3.63) is 109 Å². The second kappa shape index (κ2) is 7.50. The van der Waals surface area contributed by atoms with E-state index in [2.05, 4.69) is 0 Å². The van der Waals surface area contributed by atoms with Crippen molar-refractivity contribution in [3.8, 4) is 34.1 Å². The number of ether oxygens (including phenoxy) is 2. The largest absolute Gasteiger partial charge is 0.449 e. The molecule has 1 aliphatic heterocycles. The average Bonchev–Trinajstić information content (AvgIpc) is 2.86. The van der Waals surface area contributed by atoms with Gasteiger partial charge in [0.15, 0.2) is 23.0 Å². The number of rotatable bonds is 3. The van der Waals surface area contributed by atoms with E-state index >= 15 is 0 Å². The molecule has 4 nitrogen and oxygen atoms in total. The van der Waals surface area contributed by atoms with Crippen LogP contribution in [-0.2, 0) is 9.84 Å². The van der Waals surface area contributed by atoms with Gasteiger partial charge in [0.1, 0.15) is 0 Å². The van der Waals surface area contributed by atoms with E-state index in [4.69, 9.17) is 9.47 Å². The number of hydrogen-bond acceptors (Lipinski definition) is 4. The lowest BCUT2D eigenvalue weighted by Crippen LogP contribution is -2.02. The molecule has 0 amide bonds. The van der Waals surface area contributed by atoms with Gasteiger partial charge in [-0.05, 0) is 70.4 Å². The second-order valence-corrected chi connectivity index (χ2v) is 9.81. The second-order valence-electron chi connectivity index (χ2n) is 7.86. The van der Waals surface area contributed by atoms with Gasteiger partial charge in [0.05, 0.1) is 9.79 Å². The van der Waals surface area contributed by atoms with Crippen molar-refractivity contribution in [1.82, 2.24) is 0 Å². The smallest absolute Gasteiger partial charge is 0.206 e. The molecule has 0 N–H and O–H groups in total. The van der Waals surface area contributed by atoms with Crippen molar-refractivity contribution in [2.75, 3.05) is 0 Å². The predicted octanol–water partition coefficient (Wildman–Crippen LogP) is 7.24. The molecular formula is C28H18O4S. The summed E-state index contributed by atoms with van der Waals surface area (Å²) < 4.78 is 38.4. The molecule has 0 bridgehead atoms. The molecule has 0 saturated heterocycles. The Bertz CT molecular complexity index is 1620. The Morgan fingerprint density at radius 2 is 1.03 bits per heavy atom. The van der Waals surface area contributed by atoms with Gasteiger partial charge < -0.3 is 9.47 Å². The monoisotopic (exact) mass is 450 g/mol. The van der Waals surface area contributed by atoms with Gasteiger partial charge in [0.25, 0.3) is 0 Å². The van der Waals surface area contributed by atoms with Crippen LogP contribution in [0.5, 0.6) is 23.0 Å². The average molecular weight is 451 g/mol. The molecule has 0 spiro atoms. The zero-order valence-corrected chi connectivity index (χ0v) is 18.3. The molecule has 0 aromatic heterocycles. The third-order valence-electron chi connectivity index (χ3n) is 5.73. The van der Waals surface area contributed by atoms with Gasteiger partial charge in [-0.25, -0.2) is 8.42 Å². The molecule has 0 aliphatic carbocycles. The third kappa shape index (κ3) is 3.43. The van der Waals surface area contributed by atoms with Crippen molar-refractivity contribution in [2.24, 2.45) is 0 Å². The minimum absolute atomic E-state index is 0.248. The standard InChI is InChI=1S/C28H18O4S/c29-33(30,23-10-2-1-3-11-23)24-12-6-9-19(15-24)22-13-14-25-26(18-22)32-28-17-21-8-5-4-7-20(21)16-27(28)31-25/h1-18H. The highest BCUT2D eigenvalue weighted by Gasteiger charge is 2.21. The van der Waals surface area contributed by atoms with Crippen molar-refractivity contribution < 1.29 is 17.9 Å². The Morgan fingerprint density at radius 1 is 0.455 bits per heavy atom. The third-order valence-corrected chi connectivity index (χ3v) is 7.49.